The van der Waals surface area contributed by atoms with Crippen molar-refractivity contribution in [2.45, 2.75) is 51.2 Å². The minimum absolute atomic E-state index is 0.101. The number of carbonyl (C=O) groups excluding carboxylic acids is 1. The highest BCUT2D eigenvalue weighted by Crippen LogP contribution is 2.47. The Morgan fingerprint density at radius 1 is 1.16 bits per heavy atom. The topological polar surface area (TPSA) is 52.3 Å². The standard InChI is InChI=1S/C22H27NO2/c1-17(19-11-6-3-7-12-19)15-22(21(23)24)14-8-13-20(22)25-16-18-9-4-2-5-10-18/h2-7,9-12,17,20H,8,13-16H2,1H3,(H2,23,24)/t17-,20+,22-/m1/s1. The van der Waals surface area contributed by atoms with E-state index in [1.165, 1.54) is 5.56 Å². The van der Waals surface area contributed by atoms with Gasteiger partial charge in [0.2, 0.25) is 5.91 Å². The largest absolute Gasteiger partial charge is 0.372 e. The van der Waals surface area contributed by atoms with E-state index in [0.717, 1.165) is 31.2 Å². The van der Waals surface area contributed by atoms with E-state index in [2.05, 4.69) is 19.1 Å². The summed E-state index contributed by atoms with van der Waals surface area (Å²) in [6, 6.07) is 20.4. The third-order valence-corrected chi connectivity index (χ3v) is 5.53. The van der Waals surface area contributed by atoms with Gasteiger partial charge in [-0.3, -0.25) is 4.79 Å². The third-order valence-electron chi connectivity index (χ3n) is 5.53. The lowest BCUT2D eigenvalue weighted by molar-refractivity contribution is -0.137. The SMILES string of the molecule is C[C@H](C[C@]1(C(N)=O)CCC[C@@H]1OCc1ccccc1)c1ccccc1. The van der Waals surface area contributed by atoms with Crippen molar-refractivity contribution in [2.75, 3.05) is 0 Å². The van der Waals surface area contributed by atoms with Crippen LogP contribution in [0.15, 0.2) is 60.7 Å². The zero-order chi connectivity index (χ0) is 17.7. The van der Waals surface area contributed by atoms with Gasteiger partial charge in [0.25, 0.3) is 0 Å². The molecule has 132 valence electrons. The average molecular weight is 337 g/mol. The van der Waals surface area contributed by atoms with Crippen LogP contribution in [0.5, 0.6) is 0 Å². The molecule has 0 radical (unpaired) electrons. The van der Waals surface area contributed by atoms with Crippen molar-refractivity contribution in [1.82, 2.24) is 0 Å². The molecule has 1 fully saturated rings. The molecule has 1 aliphatic rings. The molecule has 3 nitrogen and oxygen atoms in total. The number of primary amides is 1. The minimum atomic E-state index is -0.565. The van der Waals surface area contributed by atoms with E-state index in [-0.39, 0.29) is 17.9 Å². The highest BCUT2D eigenvalue weighted by molar-refractivity contribution is 5.82. The van der Waals surface area contributed by atoms with E-state index < -0.39 is 5.41 Å². The first-order valence-electron chi connectivity index (χ1n) is 9.12. The Labute approximate surface area is 150 Å². The van der Waals surface area contributed by atoms with Crippen LogP contribution in [0.3, 0.4) is 0 Å². The van der Waals surface area contributed by atoms with Crippen molar-refractivity contribution in [3.05, 3.63) is 71.8 Å². The van der Waals surface area contributed by atoms with Gasteiger partial charge in [-0.25, -0.2) is 0 Å². The first-order valence-corrected chi connectivity index (χ1v) is 9.12. The third kappa shape index (κ3) is 3.93. The van der Waals surface area contributed by atoms with Crippen LogP contribution in [-0.2, 0) is 16.1 Å². The van der Waals surface area contributed by atoms with E-state index in [1.54, 1.807) is 0 Å². The Kier molecular flexibility index (Phi) is 5.54. The summed E-state index contributed by atoms with van der Waals surface area (Å²) in [5.74, 6) is 0.0560. The quantitative estimate of drug-likeness (QED) is 0.813. The van der Waals surface area contributed by atoms with E-state index in [4.69, 9.17) is 10.5 Å². The summed E-state index contributed by atoms with van der Waals surface area (Å²) in [5, 5.41) is 0. The number of hydrogen-bond acceptors (Lipinski definition) is 2. The normalized spacial score (nSPS) is 24.1. The number of hydrogen-bond donors (Lipinski definition) is 1. The lowest BCUT2D eigenvalue weighted by atomic mass is 9.74. The fraction of sp³-hybridized carbons (Fsp3) is 0.409. The highest BCUT2D eigenvalue weighted by Gasteiger charge is 2.49. The molecule has 0 bridgehead atoms. The number of nitrogens with two attached hydrogens (primary N) is 1. The summed E-state index contributed by atoms with van der Waals surface area (Å²) < 4.78 is 6.20. The van der Waals surface area contributed by atoms with Gasteiger partial charge in [0.15, 0.2) is 0 Å². The van der Waals surface area contributed by atoms with Gasteiger partial charge < -0.3 is 10.5 Å². The zero-order valence-corrected chi connectivity index (χ0v) is 14.9. The predicted octanol–water partition coefficient (Wildman–Crippen LogP) is 4.42. The van der Waals surface area contributed by atoms with Gasteiger partial charge in [-0.2, -0.15) is 0 Å². The van der Waals surface area contributed by atoms with E-state index >= 15 is 0 Å². The fourth-order valence-corrected chi connectivity index (χ4v) is 4.12. The van der Waals surface area contributed by atoms with Crippen LogP contribution in [0.1, 0.15) is 49.7 Å². The first kappa shape index (κ1) is 17.7. The molecule has 0 spiro atoms. The van der Waals surface area contributed by atoms with Crippen LogP contribution in [-0.4, -0.2) is 12.0 Å². The van der Waals surface area contributed by atoms with Crippen LogP contribution in [0.4, 0.5) is 0 Å². The molecule has 1 saturated carbocycles. The van der Waals surface area contributed by atoms with Gasteiger partial charge in [-0.1, -0.05) is 67.6 Å². The van der Waals surface area contributed by atoms with Crippen LogP contribution >= 0.6 is 0 Å². The average Bonchev–Trinajstić information content (AvgIpc) is 3.05. The molecule has 0 heterocycles. The molecular weight excluding hydrogens is 310 g/mol. The van der Waals surface area contributed by atoms with Crippen molar-refractivity contribution >= 4 is 5.91 Å². The molecule has 0 saturated heterocycles. The summed E-state index contributed by atoms with van der Waals surface area (Å²) in [5.41, 5.74) is 7.71. The second-order valence-electron chi connectivity index (χ2n) is 7.21. The maximum absolute atomic E-state index is 12.5. The van der Waals surface area contributed by atoms with Gasteiger partial charge in [-0.15, -0.1) is 0 Å². The molecule has 2 N–H and O–H groups in total. The van der Waals surface area contributed by atoms with Gasteiger partial charge in [0.05, 0.1) is 18.1 Å². The predicted molar refractivity (Wildman–Crippen MR) is 100.0 cm³/mol. The van der Waals surface area contributed by atoms with Gasteiger partial charge >= 0.3 is 0 Å². The molecule has 1 aliphatic carbocycles. The van der Waals surface area contributed by atoms with E-state index in [9.17, 15) is 4.79 Å². The molecule has 25 heavy (non-hydrogen) atoms. The van der Waals surface area contributed by atoms with Crippen molar-refractivity contribution in [3.8, 4) is 0 Å². The van der Waals surface area contributed by atoms with Crippen molar-refractivity contribution in [1.29, 1.82) is 0 Å². The summed E-state index contributed by atoms with van der Waals surface area (Å²) >= 11 is 0. The molecule has 3 heteroatoms. The van der Waals surface area contributed by atoms with Gasteiger partial charge in [-0.05, 0) is 42.7 Å². The zero-order valence-electron chi connectivity index (χ0n) is 14.9. The first-order chi connectivity index (χ1) is 12.1. The second-order valence-corrected chi connectivity index (χ2v) is 7.21. The molecule has 1 amide bonds. The minimum Gasteiger partial charge on any atom is -0.372 e. The summed E-state index contributed by atoms with van der Waals surface area (Å²) in [7, 11) is 0. The smallest absolute Gasteiger partial charge is 0.226 e. The highest BCUT2D eigenvalue weighted by atomic mass is 16.5. The summed E-state index contributed by atoms with van der Waals surface area (Å²) in [6.07, 6.45) is 3.35. The van der Waals surface area contributed by atoms with Crippen LogP contribution in [0, 0.1) is 5.41 Å². The maximum Gasteiger partial charge on any atom is 0.226 e. The molecule has 2 aromatic carbocycles. The number of amides is 1. The molecule has 0 aromatic heterocycles. The molecular formula is C22H27NO2. The van der Waals surface area contributed by atoms with Crippen LogP contribution in [0.25, 0.3) is 0 Å². The Morgan fingerprint density at radius 3 is 2.44 bits per heavy atom. The fourth-order valence-electron chi connectivity index (χ4n) is 4.12. The molecule has 0 unspecified atom stereocenters. The van der Waals surface area contributed by atoms with E-state index in [1.807, 2.05) is 48.5 Å². The van der Waals surface area contributed by atoms with Gasteiger partial charge in [0.1, 0.15) is 0 Å². The van der Waals surface area contributed by atoms with Crippen molar-refractivity contribution < 1.29 is 9.53 Å². The molecule has 3 rings (SSSR count). The van der Waals surface area contributed by atoms with Gasteiger partial charge in [0, 0.05) is 0 Å². The lowest BCUT2D eigenvalue weighted by Crippen LogP contribution is -2.45. The Morgan fingerprint density at radius 2 is 1.80 bits per heavy atom. The number of ether oxygens (including phenoxy) is 1. The van der Waals surface area contributed by atoms with Crippen LogP contribution in [0.2, 0.25) is 0 Å². The monoisotopic (exact) mass is 337 g/mol. The lowest BCUT2D eigenvalue weighted by Gasteiger charge is -2.35. The number of rotatable bonds is 7. The van der Waals surface area contributed by atoms with E-state index in [0.29, 0.717) is 6.61 Å². The second kappa shape index (κ2) is 7.83. The number of benzene rings is 2. The Balaban J connectivity index is 1.74. The van der Waals surface area contributed by atoms with Crippen molar-refractivity contribution in [2.24, 2.45) is 11.1 Å². The summed E-state index contributed by atoms with van der Waals surface area (Å²) in [6.45, 7) is 2.70. The molecule has 0 aliphatic heterocycles. The molecule has 3 atom stereocenters. The molecule has 2 aromatic rings. The maximum atomic E-state index is 12.5. The summed E-state index contributed by atoms with van der Waals surface area (Å²) in [4.78, 5) is 12.5. The number of carbonyl (C=O) groups is 1. The Bertz CT molecular complexity index is 686. The Hall–Kier alpha value is -2.13. The van der Waals surface area contributed by atoms with Crippen molar-refractivity contribution in [3.63, 3.8) is 0 Å². The van der Waals surface area contributed by atoms with Crippen LogP contribution < -0.4 is 5.73 Å².